The van der Waals surface area contributed by atoms with Gasteiger partial charge < -0.3 is 14.2 Å². The molecule has 0 aromatic rings. The van der Waals surface area contributed by atoms with Crippen molar-refractivity contribution >= 4 is 17.9 Å². The molecule has 0 aliphatic heterocycles. The summed E-state index contributed by atoms with van der Waals surface area (Å²) in [7, 11) is 0. The number of carbonyl (C=O) groups is 3. The number of hydrogen-bond donors (Lipinski definition) is 0. The zero-order valence-corrected chi connectivity index (χ0v) is 55.5. The van der Waals surface area contributed by atoms with Crippen LogP contribution < -0.4 is 0 Å². The van der Waals surface area contributed by atoms with E-state index >= 15 is 0 Å². The second-order valence-corrected chi connectivity index (χ2v) is 25.2. The third-order valence-corrected chi connectivity index (χ3v) is 16.9. The smallest absolute Gasteiger partial charge is 0.306 e. The van der Waals surface area contributed by atoms with Crippen LogP contribution in [0.25, 0.3) is 0 Å². The summed E-state index contributed by atoms with van der Waals surface area (Å²) in [4.78, 5) is 38.4. The second-order valence-electron chi connectivity index (χ2n) is 25.2. The molecule has 0 saturated carbocycles. The van der Waals surface area contributed by atoms with Crippen LogP contribution in [-0.2, 0) is 28.6 Å². The van der Waals surface area contributed by atoms with Crippen LogP contribution in [0.15, 0.2) is 36.5 Å². The van der Waals surface area contributed by atoms with Gasteiger partial charge in [-0.1, -0.05) is 372 Å². The summed E-state index contributed by atoms with van der Waals surface area (Å²) in [5, 5.41) is 0. The largest absolute Gasteiger partial charge is 0.462 e. The van der Waals surface area contributed by atoms with Gasteiger partial charge in [0, 0.05) is 19.3 Å². The summed E-state index contributed by atoms with van der Waals surface area (Å²) < 4.78 is 17.0. The molecular formula is C76H142O6. The van der Waals surface area contributed by atoms with Gasteiger partial charge in [-0.2, -0.15) is 0 Å². The van der Waals surface area contributed by atoms with E-state index in [0.717, 1.165) is 70.6 Å². The highest BCUT2D eigenvalue weighted by Gasteiger charge is 2.20. The van der Waals surface area contributed by atoms with Crippen LogP contribution in [0.2, 0.25) is 0 Å². The lowest BCUT2D eigenvalue weighted by Crippen LogP contribution is -2.30. The molecule has 0 spiro atoms. The zero-order valence-electron chi connectivity index (χ0n) is 55.5. The van der Waals surface area contributed by atoms with Crippen molar-refractivity contribution in [3.05, 3.63) is 36.5 Å². The van der Waals surface area contributed by atoms with Crippen molar-refractivity contribution in [3.8, 4) is 0 Å². The average Bonchev–Trinajstić information content (AvgIpc) is 3.47. The molecule has 0 saturated heterocycles. The predicted molar refractivity (Wildman–Crippen MR) is 358 cm³/mol. The minimum absolute atomic E-state index is 0.0639. The first-order chi connectivity index (χ1) is 40.5. The molecule has 0 rings (SSSR count). The fourth-order valence-corrected chi connectivity index (χ4v) is 11.3. The van der Waals surface area contributed by atoms with E-state index in [2.05, 4.69) is 57.2 Å². The van der Waals surface area contributed by atoms with Gasteiger partial charge in [0.25, 0.3) is 0 Å². The molecule has 0 bridgehead atoms. The summed E-state index contributed by atoms with van der Waals surface area (Å²) >= 11 is 0. The molecule has 0 aromatic heterocycles. The first kappa shape index (κ1) is 79.6. The maximum absolute atomic E-state index is 12.9. The van der Waals surface area contributed by atoms with Crippen LogP contribution in [0, 0.1) is 0 Å². The van der Waals surface area contributed by atoms with Gasteiger partial charge in [0.05, 0.1) is 0 Å². The van der Waals surface area contributed by atoms with Gasteiger partial charge in [0.2, 0.25) is 0 Å². The zero-order chi connectivity index (χ0) is 59.2. The van der Waals surface area contributed by atoms with Crippen LogP contribution in [0.1, 0.15) is 412 Å². The fourth-order valence-electron chi connectivity index (χ4n) is 11.3. The van der Waals surface area contributed by atoms with Crippen molar-refractivity contribution in [2.75, 3.05) is 13.2 Å². The van der Waals surface area contributed by atoms with Crippen LogP contribution in [0.5, 0.6) is 0 Å². The van der Waals surface area contributed by atoms with Gasteiger partial charge in [0.15, 0.2) is 6.10 Å². The molecule has 0 amide bonds. The van der Waals surface area contributed by atoms with Gasteiger partial charge >= 0.3 is 17.9 Å². The first-order valence-electron chi connectivity index (χ1n) is 37.0. The number of allylic oxidation sites excluding steroid dienone is 6. The van der Waals surface area contributed by atoms with E-state index in [1.54, 1.807) is 0 Å². The number of esters is 3. The molecule has 0 radical (unpaired) electrons. The van der Waals surface area contributed by atoms with Gasteiger partial charge in [-0.05, 0) is 57.8 Å². The molecule has 0 N–H and O–H groups in total. The summed E-state index contributed by atoms with van der Waals surface area (Å²) in [5.41, 5.74) is 0. The summed E-state index contributed by atoms with van der Waals surface area (Å²) in [5.74, 6) is -0.830. The average molecular weight is 1150 g/mol. The van der Waals surface area contributed by atoms with E-state index in [1.165, 1.54) is 302 Å². The molecule has 82 heavy (non-hydrogen) atoms. The normalized spacial score (nSPS) is 12.2. The van der Waals surface area contributed by atoms with Crippen LogP contribution in [-0.4, -0.2) is 37.2 Å². The summed E-state index contributed by atoms with van der Waals surface area (Å²) in [6.45, 7) is 6.71. The van der Waals surface area contributed by atoms with E-state index in [9.17, 15) is 14.4 Å². The Morgan fingerprint density at radius 2 is 0.439 bits per heavy atom. The Labute approximate surface area is 512 Å². The van der Waals surface area contributed by atoms with Crippen LogP contribution in [0.4, 0.5) is 0 Å². The third kappa shape index (κ3) is 68.4. The Balaban J connectivity index is 4.12. The standard InChI is InChI=1S/C76H142O6/c1-4-7-10-13-16-19-22-25-27-29-31-32-33-34-35-36-37-38-39-40-41-42-43-44-45-47-48-51-54-57-60-63-66-69-75(78)81-72-73(71-80-74(77)68-65-62-59-56-53-50-24-21-18-15-12-9-6-3)82-76(79)70-67-64-61-58-55-52-49-46-30-28-26-23-20-17-14-11-8-5-2/h22,25,29,31,33-34,73H,4-21,23-24,26-28,30,32,35-72H2,1-3H3/b25-22-,31-29-,34-33-. The van der Waals surface area contributed by atoms with Crippen LogP contribution >= 0.6 is 0 Å². The molecule has 0 aliphatic rings. The van der Waals surface area contributed by atoms with E-state index in [0.29, 0.717) is 19.3 Å². The molecule has 0 heterocycles. The summed E-state index contributed by atoms with van der Waals surface area (Å²) in [6, 6.07) is 0. The fraction of sp³-hybridized carbons (Fsp3) is 0.882. The van der Waals surface area contributed by atoms with Gasteiger partial charge in [-0.25, -0.2) is 0 Å². The van der Waals surface area contributed by atoms with Crippen molar-refractivity contribution in [2.24, 2.45) is 0 Å². The molecule has 0 aromatic carbocycles. The van der Waals surface area contributed by atoms with Crippen LogP contribution in [0.3, 0.4) is 0 Å². The van der Waals surface area contributed by atoms with E-state index in [1.807, 2.05) is 0 Å². The van der Waals surface area contributed by atoms with Gasteiger partial charge in [-0.3, -0.25) is 14.4 Å². The number of ether oxygens (including phenoxy) is 3. The van der Waals surface area contributed by atoms with E-state index < -0.39 is 6.10 Å². The molecule has 0 aliphatic carbocycles. The van der Waals surface area contributed by atoms with Crippen molar-refractivity contribution in [1.82, 2.24) is 0 Å². The maximum Gasteiger partial charge on any atom is 0.306 e. The van der Waals surface area contributed by atoms with Crippen molar-refractivity contribution in [2.45, 2.75) is 419 Å². The van der Waals surface area contributed by atoms with Crippen molar-refractivity contribution < 1.29 is 28.6 Å². The highest BCUT2D eigenvalue weighted by molar-refractivity contribution is 5.71. The molecule has 1 unspecified atom stereocenters. The highest BCUT2D eigenvalue weighted by atomic mass is 16.6. The molecule has 482 valence electrons. The maximum atomic E-state index is 12.9. The Morgan fingerprint density at radius 1 is 0.244 bits per heavy atom. The topological polar surface area (TPSA) is 78.9 Å². The SMILES string of the molecule is CCCCCCC/C=C\C/C=C\C/C=C\CCCCCCCCCCCCCCCCCCCCC(=O)OCC(COC(=O)CCCCCCCCCCCCCCC)OC(=O)CCCCCCCCCCCCCCCCCCCC. The van der Waals surface area contributed by atoms with Gasteiger partial charge in [0.1, 0.15) is 13.2 Å². The lowest BCUT2D eigenvalue weighted by Gasteiger charge is -2.18. The Hall–Kier alpha value is -2.37. The molecule has 1 atom stereocenters. The first-order valence-corrected chi connectivity index (χ1v) is 37.0. The Morgan fingerprint density at radius 3 is 0.683 bits per heavy atom. The van der Waals surface area contributed by atoms with Crippen molar-refractivity contribution in [1.29, 1.82) is 0 Å². The highest BCUT2D eigenvalue weighted by Crippen LogP contribution is 2.19. The lowest BCUT2D eigenvalue weighted by atomic mass is 10.0. The molecular weight excluding hydrogens is 1010 g/mol. The Bertz CT molecular complexity index is 1370. The Kier molecular flexibility index (Phi) is 69.1. The molecule has 6 nitrogen and oxygen atoms in total. The number of unbranched alkanes of at least 4 members (excludes halogenated alkanes) is 52. The van der Waals surface area contributed by atoms with E-state index in [-0.39, 0.29) is 31.1 Å². The third-order valence-electron chi connectivity index (χ3n) is 16.9. The molecule has 0 fully saturated rings. The minimum atomic E-state index is -0.767. The number of hydrogen-bond acceptors (Lipinski definition) is 6. The predicted octanol–water partition coefficient (Wildman–Crippen LogP) is 25.5. The monoisotopic (exact) mass is 1150 g/mol. The minimum Gasteiger partial charge on any atom is -0.462 e. The summed E-state index contributed by atoms with van der Waals surface area (Å²) in [6.07, 6.45) is 89.0. The number of carbonyl (C=O) groups excluding carboxylic acids is 3. The number of rotatable bonds is 69. The quantitative estimate of drug-likeness (QED) is 0.0261. The second kappa shape index (κ2) is 71.1. The molecule has 6 heteroatoms. The van der Waals surface area contributed by atoms with E-state index in [4.69, 9.17) is 14.2 Å². The lowest BCUT2D eigenvalue weighted by molar-refractivity contribution is -0.167. The van der Waals surface area contributed by atoms with Crippen molar-refractivity contribution in [3.63, 3.8) is 0 Å². The van der Waals surface area contributed by atoms with Gasteiger partial charge in [-0.15, -0.1) is 0 Å².